The van der Waals surface area contributed by atoms with Gasteiger partial charge in [-0.2, -0.15) is 0 Å². The average Bonchev–Trinajstić information content (AvgIpc) is 2.39. The molecule has 0 saturated carbocycles. The van der Waals surface area contributed by atoms with E-state index in [9.17, 15) is 4.79 Å². The maximum atomic E-state index is 11.7. The Balaban J connectivity index is 2.72. The Kier molecular flexibility index (Phi) is 5.47. The van der Waals surface area contributed by atoms with Crippen LogP contribution in [0.2, 0.25) is 0 Å². The van der Waals surface area contributed by atoms with Gasteiger partial charge in [0.2, 0.25) is 0 Å². The van der Waals surface area contributed by atoms with Crippen LogP contribution in [0.4, 0.5) is 0 Å². The first-order valence-corrected chi connectivity index (χ1v) is 5.99. The standard InChI is InChI=1S/C15H20O2/c1-4-12(2)14(15(16)17-3)11-10-13-8-6-5-7-9-13/h5-9H,4,10-11H2,1-3H3. The first-order valence-electron chi connectivity index (χ1n) is 5.99. The van der Waals surface area contributed by atoms with Crippen LogP contribution in [-0.2, 0) is 16.0 Å². The Hall–Kier alpha value is -1.57. The van der Waals surface area contributed by atoms with E-state index in [2.05, 4.69) is 19.1 Å². The van der Waals surface area contributed by atoms with Gasteiger partial charge in [-0.15, -0.1) is 0 Å². The van der Waals surface area contributed by atoms with Crippen molar-refractivity contribution in [2.45, 2.75) is 33.1 Å². The Labute approximate surface area is 103 Å². The van der Waals surface area contributed by atoms with Crippen LogP contribution in [0.5, 0.6) is 0 Å². The van der Waals surface area contributed by atoms with Crippen LogP contribution in [0.1, 0.15) is 32.3 Å². The van der Waals surface area contributed by atoms with Gasteiger partial charge in [0.1, 0.15) is 0 Å². The Morgan fingerprint density at radius 3 is 2.41 bits per heavy atom. The predicted molar refractivity (Wildman–Crippen MR) is 69.8 cm³/mol. The summed E-state index contributed by atoms with van der Waals surface area (Å²) in [5, 5.41) is 0. The van der Waals surface area contributed by atoms with Gasteiger partial charge in [0.05, 0.1) is 7.11 Å². The summed E-state index contributed by atoms with van der Waals surface area (Å²) in [4.78, 5) is 11.7. The summed E-state index contributed by atoms with van der Waals surface area (Å²) < 4.78 is 4.83. The van der Waals surface area contributed by atoms with Crippen LogP contribution in [-0.4, -0.2) is 13.1 Å². The number of ether oxygens (including phenoxy) is 1. The van der Waals surface area contributed by atoms with Crippen LogP contribution >= 0.6 is 0 Å². The quantitative estimate of drug-likeness (QED) is 0.573. The minimum Gasteiger partial charge on any atom is -0.466 e. The normalized spacial score (nSPS) is 11.9. The summed E-state index contributed by atoms with van der Waals surface area (Å²) >= 11 is 0. The molecule has 0 aromatic heterocycles. The molecule has 1 aromatic rings. The third kappa shape index (κ3) is 4.06. The summed E-state index contributed by atoms with van der Waals surface area (Å²) in [7, 11) is 1.44. The van der Waals surface area contributed by atoms with Crippen molar-refractivity contribution in [3.63, 3.8) is 0 Å². The molecule has 1 rings (SSSR count). The molecule has 0 aliphatic heterocycles. The lowest BCUT2D eigenvalue weighted by Gasteiger charge is -2.09. The number of hydrogen-bond donors (Lipinski definition) is 0. The number of hydrogen-bond acceptors (Lipinski definition) is 2. The summed E-state index contributed by atoms with van der Waals surface area (Å²) in [5.74, 6) is -0.194. The fourth-order valence-corrected chi connectivity index (χ4v) is 1.74. The molecule has 0 N–H and O–H groups in total. The third-order valence-electron chi connectivity index (χ3n) is 2.98. The van der Waals surface area contributed by atoms with Crippen molar-refractivity contribution in [1.82, 2.24) is 0 Å². The zero-order chi connectivity index (χ0) is 12.7. The molecule has 0 aliphatic carbocycles. The Morgan fingerprint density at radius 2 is 1.88 bits per heavy atom. The lowest BCUT2D eigenvalue weighted by atomic mass is 9.99. The van der Waals surface area contributed by atoms with E-state index in [1.807, 2.05) is 25.1 Å². The number of aryl methyl sites for hydroxylation is 1. The van der Waals surface area contributed by atoms with Gasteiger partial charge in [-0.1, -0.05) is 42.8 Å². The summed E-state index contributed by atoms with van der Waals surface area (Å²) in [5.41, 5.74) is 3.18. The number of rotatable bonds is 5. The van der Waals surface area contributed by atoms with Gasteiger partial charge in [-0.25, -0.2) is 4.79 Å². The Morgan fingerprint density at radius 1 is 1.24 bits per heavy atom. The van der Waals surface area contributed by atoms with Crippen molar-refractivity contribution in [3.8, 4) is 0 Å². The second kappa shape index (κ2) is 6.89. The van der Waals surface area contributed by atoms with E-state index in [1.54, 1.807) is 0 Å². The lowest BCUT2D eigenvalue weighted by Crippen LogP contribution is -2.08. The number of carbonyl (C=O) groups excluding carboxylic acids is 1. The number of benzene rings is 1. The van der Waals surface area contributed by atoms with E-state index in [1.165, 1.54) is 12.7 Å². The van der Waals surface area contributed by atoms with Crippen molar-refractivity contribution in [2.24, 2.45) is 0 Å². The van der Waals surface area contributed by atoms with E-state index in [0.29, 0.717) is 0 Å². The molecule has 2 heteroatoms. The molecule has 2 nitrogen and oxygen atoms in total. The highest BCUT2D eigenvalue weighted by Gasteiger charge is 2.12. The second-order valence-electron chi connectivity index (χ2n) is 4.09. The fourth-order valence-electron chi connectivity index (χ4n) is 1.74. The molecule has 0 heterocycles. The second-order valence-corrected chi connectivity index (χ2v) is 4.09. The van der Waals surface area contributed by atoms with Gasteiger partial charge in [0, 0.05) is 5.57 Å². The van der Waals surface area contributed by atoms with Crippen LogP contribution in [0.15, 0.2) is 41.5 Å². The van der Waals surface area contributed by atoms with Crippen molar-refractivity contribution in [2.75, 3.05) is 7.11 Å². The van der Waals surface area contributed by atoms with Gasteiger partial charge >= 0.3 is 5.97 Å². The smallest absolute Gasteiger partial charge is 0.333 e. The highest BCUT2D eigenvalue weighted by Crippen LogP contribution is 2.16. The SMILES string of the molecule is CCC(C)=C(CCc1ccccc1)C(=O)OC. The molecule has 0 bridgehead atoms. The lowest BCUT2D eigenvalue weighted by molar-refractivity contribution is -0.136. The molecule has 0 fully saturated rings. The first kappa shape index (κ1) is 13.5. The van der Waals surface area contributed by atoms with Gasteiger partial charge in [-0.3, -0.25) is 0 Å². The Bertz CT molecular complexity index is 391. The first-order chi connectivity index (χ1) is 8.19. The van der Waals surface area contributed by atoms with Gasteiger partial charge in [0.15, 0.2) is 0 Å². The predicted octanol–water partition coefficient (Wildman–Crippen LogP) is 3.52. The number of esters is 1. The van der Waals surface area contributed by atoms with E-state index in [0.717, 1.165) is 30.4 Å². The molecule has 1 aromatic carbocycles. The van der Waals surface area contributed by atoms with Crippen molar-refractivity contribution in [3.05, 3.63) is 47.0 Å². The van der Waals surface area contributed by atoms with Gasteiger partial charge in [-0.05, 0) is 31.7 Å². The molecule has 0 saturated heterocycles. The molecule has 0 aliphatic rings. The minimum absolute atomic E-state index is 0.194. The molecule has 0 amide bonds. The number of methoxy groups -OCH3 is 1. The average molecular weight is 232 g/mol. The molecule has 17 heavy (non-hydrogen) atoms. The highest BCUT2D eigenvalue weighted by atomic mass is 16.5. The molecular weight excluding hydrogens is 212 g/mol. The zero-order valence-corrected chi connectivity index (χ0v) is 10.8. The van der Waals surface area contributed by atoms with Crippen molar-refractivity contribution < 1.29 is 9.53 Å². The van der Waals surface area contributed by atoms with E-state index in [-0.39, 0.29) is 5.97 Å². The van der Waals surface area contributed by atoms with Crippen LogP contribution in [0.3, 0.4) is 0 Å². The summed E-state index contributed by atoms with van der Waals surface area (Å²) in [6.07, 6.45) is 2.51. The summed E-state index contributed by atoms with van der Waals surface area (Å²) in [6.45, 7) is 4.05. The zero-order valence-electron chi connectivity index (χ0n) is 10.8. The number of carbonyl (C=O) groups is 1. The summed E-state index contributed by atoms with van der Waals surface area (Å²) in [6, 6.07) is 10.2. The van der Waals surface area contributed by atoms with E-state index >= 15 is 0 Å². The number of allylic oxidation sites excluding steroid dienone is 1. The molecular formula is C15H20O2. The van der Waals surface area contributed by atoms with E-state index in [4.69, 9.17) is 4.74 Å². The van der Waals surface area contributed by atoms with Gasteiger partial charge < -0.3 is 4.74 Å². The molecule has 92 valence electrons. The topological polar surface area (TPSA) is 26.3 Å². The van der Waals surface area contributed by atoms with Crippen molar-refractivity contribution in [1.29, 1.82) is 0 Å². The van der Waals surface area contributed by atoms with Crippen LogP contribution in [0.25, 0.3) is 0 Å². The highest BCUT2D eigenvalue weighted by molar-refractivity contribution is 5.89. The fraction of sp³-hybridized carbons (Fsp3) is 0.400. The van der Waals surface area contributed by atoms with Gasteiger partial charge in [0.25, 0.3) is 0 Å². The third-order valence-corrected chi connectivity index (χ3v) is 2.98. The van der Waals surface area contributed by atoms with Crippen LogP contribution < -0.4 is 0 Å². The molecule has 0 spiro atoms. The van der Waals surface area contributed by atoms with Crippen molar-refractivity contribution >= 4 is 5.97 Å². The minimum atomic E-state index is -0.194. The van der Waals surface area contributed by atoms with E-state index < -0.39 is 0 Å². The van der Waals surface area contributed by atoms with Crippen LogP contribution in [0, 0.1) is 0 Å². The molecule has 0 atom stereocenters. The molecule has 0 radical (unpaired) electrons. The maximum absolute atomic E-state index is 11.7. The largest absolute Gasteiger partial charge is 0.466 e. The molecule has 0 unspecified atom stereocenters. The maximum Gasteiger partial charge on any atom is 0.333 e. The monoisotopic (exact) mass is 232 g/mol.